The summed E-state index contributed by atoms with van der Waals surface area (Å²) in [5, 5.41) is 0. The molecule has 0 aromatic heterocycles. The molecule has 1 nitrogen and oxygen atoms in total. The predicted molar refractivity (Wildman–Crippen MR) is 41.8 cm³/mol. The first-order valence-corrected chi connectivity index (χ1v) is 3.90. The molecule has 0 aliphatic heterocycles. The smallest absolute Gasteiger partial charge is 0.0232 e. The van der Waals surface area contributed by atoms with Gasteiger partial charge in [0.05, 0.1) is 0 Å². The molecule has 0 spiro atoms. The summed E-state index contributed by atoms with van der Waals surface area (Å²) in [4.78, 5) is 0. The lowest BCUT2D eigenvalue weighted by Crippen LogP contribution is -2.12. The minimum absolute atomic E-state index is 0.697. The number of rotatable bonds is 3. The van der Waals surface area contributed by atoms with Crippen LogP contribution in [0.25, 0.3) is 0 Å². The summed E-state index contributed by atoms with van der Waals surface area (Å²) < 4.78 is 0.697. The summed E-state index contributed by atoms with van der Waals surface area (Å²) in [6.07, 6.45) is 2.52. The van der Waals surface area contributed by atoms with E-state index in [2.05, 4.69) is 29.5 Å². The van der Waals surface area contributed by atoms with E-state index in [4.69, 9.17) is 5.73 Å². The Kier molecular flexibility index (Phi) is 5.32. The second kappa shape index (κ2) is 4.84. The van der Waals surface area contributed by atoms with Gasteiger partial charge in [0.15, 0.2) is 0 Å². The third kappa shape index (κ3) is 4.55. The van der Waals surface area contributed by atoms with E-state index < -0.39 is 0 Å². The Morgan fingerprint density at radius 2 is 2.29 bits per heavy atom. The van der Waals surface area contributed by atoms with E-state index in [9.17, 15) is 0 Å². The van der Waals surface area contributed by atoms with E-state index in [-0.39, 0.29) is 0 Å². The van der Waals surface area contributed by atoms with Crippen molar-refractivity contribution < 1.29 is 0 Å². The average molecular weight is 213 g/mol. The van der Waals surface area contributed by atoms with Crippen molar-refractivity contribution in [3.8, 4) is 0 Å². The Morgan fingerprint density at radius 1 is 1.71 bits per heavy atom. The largest absolute Gasteiger partial charge is 0.329 e. The highest BCUT2D eigenvalue weighted by Gasteiger charge is 1.95. The fourth-order valence-corrected chi connectivity index (χ4v) is 1.05. The van der Waals surface area contributed by atoms with E-state index >= 15 is 0 Å². The molecule has 0 fully saturated rings. The standard InChI is InChI=1S/C5H12IN/c1-2-3-5(6)4-7/h5H,2-4,7H2,1H3. The Bertz CT molecular complexity index is 39.1. The van der Waals surface area contributed by atoms with Gasteiger partial charge in [0, 0.05) is 10.5 Å². The SMILES string of the molecule is CCCC(I)CN. The van der Waals surface area contributed by atoms with Gasteiger partial charge >= 0.3 is 0 Å². The van der Waals surface area contributed by atoms with Crippen LogP contribution in [-0.2, 0) is 0 Å². The summed E-state index contributed by atoms with van der Waals surface area (Å²) in [6, 6.07) is 0. The van der Waals surface area contributed by atoms with E-state index in [1.807, 2.05) is 0 Å². The van der Waals surface area contributed by atoms with Crippen molar-refractivity contribution in [1.82, 2.24) is 0 Å². The van der Waals surface area contributed by atoms with Crippen LogP contribution < -0.4 is 5.73 Å². The zero-order valence-electron chi connectivity index (χ0n) is 4.65. The van der Waals surface area contributed by atoms with Gasteiger partial charge in [0.2, 0.25) is 0 Å². The maximum absolute atomic E-state index is 5.35. The summed E-state index contributed by atoms with van der Waals surface area (Å²) in [5.41, 5.74) is 5.35. The van der Waals surface area contributed by atoms with Crippen molar-refractivity contribution in [3.63, 3.8) is 0 Å². The van der Waals surface area contributed by atoms with Crippen LogP contribution in [0.3, 0.4) is 0 Å². The van der Waals surface area contributed by atoms with Gasteiger partial charge in [0.25, 0.3) is 0 Å². The monoisotopic (exact) mass is 213 g/mol. The van der Waals surface area contributed by atoms with E-state index in [1.54, 1.807) is 0 Å². The molecule has 1 atom stereocenters. The van der Waals surface area contributed by atoms with Gasteiger partial charge in [0.1, 0.15) is 0 Å². The topological polar surface area (TPSA) is 26.0 Å². The summed E-state index contributed by atoms with van der Waals surface area (Å²) >= 11 is 2.38. The van der Waals surface area contributed by atoms with Gasteiger partial charge in [-0.15, -0.1) is 0 Å². The molecular formula is C5H12IN. The molecule has 44 valence electrons. The number of alkyl halides is 1. The molecule has 0 heterocycles. The molecule has 2 heteroatoms. The molecular weight excluding hydrogens is 201 g/mol. The Balaban J connectivity index is 2.83. The molecule has 1 unspecified atom stereocenters. The van der Waals surface area contributed by atoms with Crippen molar-refractivity contribution in [3.05, 3.63) is 0 Å². The highest BCUT2D eigenvalue weighted by molar-refractivity contribution is 14.1. The molecule has 0 aliphatic carbocycles. The van der Waals surface area contributed by atoms with E-state index in [0.29, 0.717) is 3.92 Å². The zero-order valence-corrected chi connectivity index (χ0v) is 6.81. The van der Waals surface area contributed by atoms with Crippen LogP contribution in [0.5, 0.6) is 0 Å². The van der Waals surface area contributed by atoms with Gasteiger partial charge < -0.3 is 5.73 Å². The minimum atomic E-state index is 0.697. The molecule has 0 saturated carbocycles. The maximum atomic E-state index is 5.35. The van der Waals surface area contributed by atoms with E-state index in [0.717, 1.165) is 6.54 Å². The first-order chi connectivity index (χ1) is 3.31. The van der Waals surface area contributed by atoms with Crippen LogP contribution in [0.4, 0.5) is 0 Å². The van der Waals surface area contributed by atoms with Crippen molar-refractivity contribution >= 4 is 22.6 Å². The highest BCUT2D eigenvalue weighted by Crippen LogP contribution is 2.04. The fourth-order valence-electron chi connectivity index (χ4n) is 0.431. The number of hydrogen-bond donors (Lipinski definition) is 1. The first kappa shape index (κ1) is 7.69. The second-order valence-corrected chi connectivity index (χ2v) is 3.38. The quantitative estimate of drug-likeness (QED) is 0.558. The third-order valence-electron chi connectivity index (χ3n) is 0.858. The molecule has 0 saturated heterocycles. The van der Waals surface area contributed by atoms with Gasteiger partial charge in [-0.25, -0.2) is 0 Å². The van der Waals surface area contributed by atoms with Crippen LogP contribution in [-0.4, -0.2) is 10.5 Å². The fraction of sp³-hybridized carbons (Fsp3) is 1.00. The van der Waals surface area contributed by atoms with Crippen molar-refractivity contribution in [2.75, 3.05) is 6.54 Å². The van der Waals surface area contributed by atoms with Crippen LogP contribution >= 0.6 is 22.6 Å². The molecule has 0 bridgehead atoms. The third-order valence-corrected chi connectivity index (χ3v) is 1.99. The number of halogens is 1. The van der Waals surface area contributed by atoms with Crippen molar-refractivity contribution in [2.45, 2.75) is 23.7 Å². The van der Waals surface area contributed by atoms with Crippen molar-refractivity contribution in [1.29, 1.82) is 0 Å². The number of nitrogens with two attached hydrogens (primary N) is 1. The molecule has 0 aliphatic rings. The molecule has 0 amide bonds. The predicted octanol–water partition coefficient (Wildman–Crippen LogP) is 1.55. The van der Waals surface area contributed by atoms with Gasteiger partial charge in [-0.2, -0.15) is 0 Å². The molecule has 0 aromatic rings. The molecule has 0 aromatic carbocycles. The van der Waals surface area contributed by atoms with Crippen LogP contribution in [0.1, 0.15) is 19.8 Å². The maximum Gasteiger partial charge on any atom is 0.0232 e. The lowest BCUT2D eigenvalue weighted by Gasteiger charge is -2.00. The molecule has 7 heavy (non-hydrogen) atoms. The van der Waals surface area contributed by atoms with Crippen LogP contribution in [0, 0.1) is 0 Å². The Hall–Kier alpha value is 0.690. The summed E-state index contributed by atoms with van der Waals surface area (Å²) in [5.74, 6) is 0. The second-order valence-electron chi connectivity index (χ2n) is 1.62. The van der Waals surface area contributed by atoms with Crippen LogP contribution in [0.15, 0.2) is 0 Å². The average Bonchev–Trinajstić information content (AvgIpc) is 1.68. The van der Waals surface area contributed by atoms with Gasteiger partial charge in [-0.1, -0.05) is 35.9 Å². The van der Waals surface area contributed by atoms with E-state index in [1.165, 1.54) is 12.8 Å². The Morgan fingerprint density at radius 3 is 2.43 bits per heavy atom. The highest BCUT2D eigenvalue weighted by atomic mass is 127. The first-order valence-electron chi connectivity index (χ1n) is 2.65. The zero-order chi connectivity index (χ0) is 5.70. The summed E-state index contributed by atoms with van der Waals surface area (Å²) in [6.45, 7) is 3.01. The lowest BCUT2D eigenvalue weighted by atomic mass is 10.3. The van der Waals surface area contributed by atoms with Crippen molar-refractivity contribution in [2.24, 2.45) is 5.73 Å². The molecule has 0 rings (SSSR count). The van der Waals surface area contributed by atoms with Gasteiger partial charge in [-0.05, 0) is 6.42 Å². The Labute approximate surface area is 58.8 Å². The lowest BCUT2D eigenvalue weighted by molar-refractivity contribution is 0.764. The normalized spacial score (nSPS) is 14.1. The molecule has 0 radical (unpaired) electrons. The van der Waals surface area contributed by atoms with Crippen LogP contribution in [0.2, 0.25) is 0 Å². The van der Waals surface area contributed by atoms with Gasteiger partial charge in [-0.3, -0.25) is 0 Å². The summed E-state index contributed by atoms with van der Waals surface area (Å²) in [7, 11) is 0. The number of hydrogen-bond acceptors (Lipinski definition) is 1. The molecule has 2 N–H and O–H groups in total. The minimum Gasteiger partial charge on any atom is -0.329 e.